The zero-order chi connectivity index (χ0) is 9.80. The molecule has 2 aliphatic rings. The summed E-state index contributed by atoms with van der Waals surface area (Å²) in [6.45, 7) is 2.25. The monoisotopic (exact) mass is 184 g/mol. The molecule has 0 aliphatic heterocycles. The Morgan fingerprint density at radius 1 is 1.07 bits per heavy atom. The van der Waals surface area contributed by atoms with Crippen LogP contribution >= 0.6 is 0 Å². The first-order valence-electron chi connectivity index (χ1n) is 5.28. The van der Waals surface area contributed by atoms with Gasteiger partial charge in [-0.2, -0.15) is 0 Å². The molecule has 0 bridgehead atoms. The lowest BCUT2D eigenvalue weighted by atomic mass is 9.93. The molecular formula is C14H16. The predicted octanol–water partition coefficient (Wildman–Crippen LogP) is 3.95. The van der Waals surface area contributed by atoms with Gasteiger partial charge in [0.1, 0.15) is 0 Å². The van der Waals surface area contributed by atoms with Gasteiger partial charge in [0.05, 0.1) is 0 Å². The van der Waals surface area contributed by atoms with E-state index in [2.05, 4.69) is 55.5 Å². The van der Waals surface area contributed by atoms with Crippen LogP contribution in [0, 0.1) is 5.92 Å². The van der Waals surface area contributed by atoms with Gasteiger partial charge in [0.15, 0.2) is 0 Å². The van der Waals surface area contributed by atoms with Crippen molar-refractivity contribution in [3.8, 4) is 0 Å². The number of hydrogen-bond acceptors (Lipinski definition) is 0. The molecule has 0 aromatic rings. The van der Waals surface area contributed by atoms with E-state index in [1.165, 1.54) is 17.6 Å². The summed E-state index contributed by atoms with van der Waals surface area (Å²) in [7, 11) is 0. The third-order valence-electron chi connectivity index (χ3n) is 2.64. The van der Waals surface area contributed by atoms with Crippen LogP contribution in [-0.2, 0) is 0 Å². The highest BCUT2D eigenvalue weighted by atomic mass is 14.1. The fraction of sp³-hybridized carbons (Fsp3) is 0.286. The maximum absolute atomic E-state index is 2.34. The van der Waals surface area contributed by atoms with Crippen molar-refractivity contribution in [1.29, 1.82) is 0 Å². The smallest absolute Gasteiger partial charge is 0.0157 e. The average molecular weight is 184 g/mol. The van der Waals surface area contributed by atoms with Crippen LogP contribution in [0.4, 0.5) is 0 Å². The zero-order valence-corrected chi connectivity index (χ0v) is 8.61. The van der Waals surface area contributed by atoms with Gasteiger partial charge in [-0.05, 0) is 29.9 Å². The first-order chi connectivity index (χ1) is 6.86. The lowest BCUT2D eigenvalue weighted by Crippen LogP contribution is -1.95. The van der Waals surface area contributed by atoms with Crippen molar-refractivity contribution in [1.82, 2.24) is 0 Å². The number of allylic oxidation sites excluding steroid dienone is 10. The summed E-state index contributed by atoms with van der Waals surface area (Å²) in [5.74, 6) is 0.701. The van der Waals surface area contributed by atoms with E-state index >= 15 is 0 Å². The summed E-state index contributed by atoms with van der Waals surface area (Å²) in [5, 5.41) is 0. The highest BCUT2D eigenvalue weighted by molar-refractivity contribution is 5.49. The maximum Gasteiger partial charge on any atom is -0.0157 e. The molecule has 14 heavy (non-hydrogen) atoms. The molecule has 0 nitrogen and oxygen atoms in total. The molecule has 0 radical (unpaired) electrons. The van der Waals surface area contributed by atoms with Gasteiger partial charge in [-0.15, -0.1) is 0 Å². The van der Waals surface area contributed by atoms with Gasteiger partial charge in [-0.25, -0.2) is 0 Å². The molecule has 0 aromatic carbocycles. The molecule has 0 spiro atoms. The normalized spacial score (nSPS) is 25.6. The van der Waals surface area contributed by atoms with E-state index in [4.69, 9.17) is 0 Å². The summed E-state index contributed by atoms with van der Waals surface area (Å²) in [5.41, 5.74) is 2.74. The minimum absolute atomic E-state index is 0.701. The molecule has 0 amide bonds. The number of hydrogen-bond donors (Lipinski definition) is 0. The molecule has 2 rings (SSSR count). The maximum atomic E-state index is 2.34. The summed E-state index contributed by atoms with van der Waals surface area (Å²) >= 11 is 0. The second-order valence-electron chi connectivity index (χ2n) is 3.91. The second kappa shape index (κ2) is 4.28. The summed E-state index contributed by atoms with van der Waals surface area (Å²) < 4.78 is 0. The van der Waals surface area contributed by atoms with Crippen molar-refractivity contribution in [3.05, 3.63) is 59.8 Å². The Bertz CT molecular complexity index is 348. The van der Waals surface area contributed by atoms with Crippen LogP contribution in [-0.4, -0.2) is 0 Å². The van der Waals surface area contributed by atoms with Crippen molar-refractivity contribution in [2.24, 2.45) is 5.92 Å². The highest BCUT2D eigenvalue weighted by Crippen LogP contribution is 2.23. The number of rotatable bonds is 1. The Labute approximate surface area is 86.0 Å². The van der Waals surface area contributed by atoms with Gasteiger partial charge in [0, 0.05) is 0 Å². The zero-order valence-electron chi connectivity index (χ0n) is 8.61. The largest absolute Gasteiger partial charge is 0.0808 e. The Morgan fingerprint density at radius 2 is 1.93 bits per heavy atom. The van der Waals surface area contributed by atoms with E-state index in [9.17, 15) is 0 Å². The van der Waals surface area contributed by atoms with Crippen LogP contribution in [0.15, 0.2) is 59.8 Å². The topological polar surface area (TPSA) is 0 Å². The van der Waals surface area contributed by atoms with Gasteiger partial charge >= 0.3 is 0 Å². The molecule has 2 aliphatic carbocycles. The predicted molar refractivity (Wildman–Crippen MR) is 62.0 cm³/mol. The van der Waals surface area contributed by atoms with E-state index in [1.54, 1.807) is 0 Å². The summed E-state index contributed by atoms with van der Waals surface area (Å²) in [6.07, 6.45) is 20.0. The molecule has 0 fully saturated rings. The molecule has 72 valence electrons. The van der Waals surface area contributed by atoms with Crippen LogP contribution in [0.3, 0.4) is 0 Å². The quantitative estimate of drug-likeness (QED) is 0.579. The third kappa shape index (κ3) is 2.14. The van der Waals surface area contributed by atoms with Gasteiger partial charge in [-0.1, -0.05) is 55.5 Å². The Balaban J connectivity index is 2.17. The first-order valence-corrected chi connectivity index (χ1v) is 5.28. The van der Waals surface area contributed by atoms with Gasteiger partial charge in [-0.3, -0.25) is 0 Å². The fourth-order valence-corrected chi connectivity index (χ4v) is 1.73. The van der Waals surface area contributed by atoms with Crippen LogP contribution in [0.25, 0.3) is 0 Å². The Hall–Kier alpha value is -1.30. The van der Waals surface area contributed by atoms with Gasteiger partial charge < -0.3 is 0 Å². The standard InChI is InChI=1S/C14H16/c1-12-8-10-14(11-9-12)13-6-4-2-3-5-7-13/h2-4,6-8,10-12H,5,9H2,1H3. The molecule has 0 heterocycles. The minimum atomic E-state index is 0.701. The van der Waals surface area contributed by atoms with Crippen LogP contribution in [0.5, 0.6) is 0 Å². The highest BCUT2D eigenvalue weighted by Gasteiger charge is 2.05. The third-order valence-corrected chi connectivity index (χ3v) is 2.64. The minimum Gasteiger partial charge on any atom is -0.0808 e. The van der Waals surface area contributed by atoms with E-state index in [1.807, 2.05) is 0 Å². The van der Waals surface area contributed by atoms with Crippen molar-refractivity contribution in [3.63, 3.8) is 0 Å². The second-order valence-corrected chi connectivity index (χ2v) is 3.91. The van der Waals surface area contributed by atoms with Crippen molar-refractivity contribution < 1.29 is 0 Å². The van der Waals surface area contributed by atoms with E-state index in [-0.39, 0.29) is 0 Å². The van der Waals surface area contributed by atoms with Gasteiger partial charge in [0.25, 0.3) is 0 Å². The van der Waals surface area contributed by atoms with Crippen molar-refractivity contribution in [2.45, 2.75) is 19.8 Å². The first kappa shape index (κ1) is 9.26. The summed E-state index contributed by atoms with van der Waals surface area (Å²) in [6, 6.07) is 0. The molecule has 0 saturated heterocycles. The lowest BCUT2D eigenvalue weighted by molar-refractivity contribution is 0.732. The van der Waals surface area contributed by atoms with Crippen molar-refractivity contribution in [2.75, 3.05) is 0 Å². The van der Waals surface area contributed by atoms with Crippen molar-refractivity contribution >= 4 is 0 Å². The van der Waals surface area contributed by atoms with Crippen LogP contribution in [0.1, 0.15) is 19.8 Å². The van der Waals surface area contributed by atoms with Crippen LogP contribution in [0.2, 0.25) is 0 Å². The molecule has 1 unspecified atom stereocenters. The molecular weight excluding hydrogens is 168 g/mol. The van der Waals surface area contributed by atoms with Crippen LogP contribution < -0.4 is 0 Å². The Morgan fingerprint density at radius 3 is 2.71 bits per heavy atom. The van der Waals surface area contributed by atoms with E-state index < -0.39 is 0 Å². The summed E-state index contributed by atoms with van der Waals surface area (Å²) in [4.78, 5) is 0. The molecule has 0 saturated carbocycles. The molecule has 1 atom stereocenters. The van der Waals surface area contributed by atoms with E-state index in [0.29, 0.717) is 5.92 Å². The van der Waals surface area contributed by atoms with Gasteiger partial charge in [0.2, 0.25) is 0 Å². The molecule has 0 aromatic heterocycles. The Kier molecular flexibility index (Phi) is 2.83. The average Bonchev–Trinajstić information content (AvgIpc) is 2.47. The lowest BCUT2D eigenvalue weighted by Gasteiger charge is -2.12. The van der Waals surface area contributed by atoms with E-state index in [0.717, 1.165) is 6.42 Å². The SMILES string of the molecule is CC1C=CC(C2=CCC=CC=C2)=CC1. The molecule has 0 heteroatoms. The fourth-order valence-electron chi connectivity index (χ4n) is 1.73. The molecule has 0 N–H and O–H groups in total.